The molecule has 6 heteroatoms. The van der Waals surface area contributed by atoms with Gasteiger partial charge in [0.1, 0.15) is 6.04 Å². The number of carbonyl (C=O) groups excluding carboxylic acids is 2. The topological polar surface area (TPSA) is 52.7 Å². The van der Waals surface area contributed by atoms with Gasteiger partial charge in [0.05, 0.1) is 4.87 Å². The lowest BCUT2D eigenvalue weighted by atomic mass is 9.99. The van der Waals surface area contributed by atoms with Crippen LogP contribution in [-0.4, -0.2) is 64.5 Å². The zero-order chi connectivity index (χ0) is 16.4. The Hall–Kier alpha value is -0.750. The number of piperidine rings is 1. The lowest BCUT2D eigenvalue weighted by molar-refractivity contribution is -0.137. The van der Waals surface area contributed by atoms with E-state index in [0.717, 1.165) is 31.1 Å². The Labute approximate surface area is 143 Å². The molecule has 3 fully saturated rings. The summed E-state index contributed by atoms with van der Waals surface area (Å²) >= 11 is 1.75. The van der Waals surface area contributed by atoms with Crippen molar-refractivity contribution in [3.05, 3.63) is 0 Å². The molecular formula is C17H29N3O2S. The molecule has 0 aromatic rings. The van der Waals surface area contributed by atoms with Crippen LogP contribution in [0.5, 0.6) is 0 Å². The normalized spacial score (nSPS) is 32.3. The van der Waals surface area contributed by atoms with Crippen LogP contribution in [-0.2, 0) is 9.59 Å². The molecule has 0 radical (unpaired) electrons. The number of nitrogens with zero attached hydrogens (tertiary/aromatic N) is 2. The first-order valence-corrected chi connectivity index (χ1v) is 9.94. The van der Waals surface area contributed by atoms with E-state index in [1.807, 2.05) is 4.90 Å². The number of carbonyl (C=O) groups is 2. The summed E-state index contributed by atoms with van der Waals surface area (Å²) in [4.78, 5) is 28.7. The Morgan fingerprint density at radius 3 is 2.87 bits per heavy atom. The summed E-state index contributed by atoms with van der Waals surface area (Å²) in [5.74, 6) is 1.76. The van der Waals surface area contributed by atoms with Crippen LogP contribution in [0.3, 0.4) is 0 Å². The van der Waals surface area contributed by atoms with Crippen LogP contribution in [0.1, 0.15) is 46.0 Å². The van der Waals surface area contributed by atoms with Gasteiger partial charge in [-0.15, -0.1) is 11.8 Å². The monoisotopic (exact) mass is 339 g/mol. The Kier molecular flexibility index (Phi) is 5.21. The van der Waals surface area contributed by atoms with Gasteiger partial charge in [-0.25, -0.2) is 0 Å². The molecule has 3 saturated heterocycles. The standard InChI is InChI=1S/C17H29N3O2S/c1-13-5-10-19(11-6-13)9-3-8-18-16(22)14-12-23-17(2)7-4-15(21)20(14)17/h13-14H,3-12H2,1-2H3,(H,18,22). The van der Waals surface area contributed by atoms with Gasteiger partial charge in [-0.05, 0) is 58.2 Å². The average molecular weight is 340 g/mol. The van der Waals surface area contributed by atoms with Gasteiger partial charge in [-0.1, -0.05) is 6.92 Å². The summed E-state index contributed by atoms with van der Waals surface area (Å²) < 4.78 is 0. The number of rotatable bonds is 5. The summed E-state index contributed by atoms with van der Waals surface area (Å²) in [6.45, 7) is 8.57. The van der Waals surface area contributed by atoms with Gasteiger partial charge in [-0.2, -0.15) is 0 Å². The maximum atomic E-state index is 12.4. The lowest BCUT2D eigenvalue weighted by Gasteiger charge is -2.31. The van der Waals surface area contributed by atoms with E-state index in [1.54, 1.807) is 11.8 Å². The highest BCUT2D eigenvalue weighted by Gasteiger charge is 2.52. The Morgan fingerprint density at radius 2 is 2.13 bits per heavy atom. The third-order valence-electron chi connectivity index (χ3n) is 5.57. The summed E-state index contributed by atoms with van der Waals surface area (Å²) in [5, 5.41) is 3.05. The fourth-order valence-corrected chi connectivity index (χ4v) is 5.36. The molecule has 3 heterocycles. The molecule has 130 valence electrons. The molecule has 3 aliphatic heterocycles. The molecule has 3 aliphatic rings. The highest BCUT2D eigenvalue weighted by atomic mass is 32.2. The first-order chi connectivity index (χ1) is 11.0. The van der Waals surface area contributed by atoms with Gasteiger partial charge in [-0.3, -0.25) is 9.59 Å². The van der Waals surface area contributed by atoms with Crippen molar-refractivity contribution < 1.29 is 9.59 Å². The van der Waals surface area contributed by atoms with Crippen molar-refractivity contribution >= 4 is 23.6 Å². The third-order valence-corrected chi connectivity index (χ3v) is 7.08. The smallest absolute Gasteiger partial charge is 0.243 e. The quantitative estimate of drug-likeness (QED) is 0.774. The van der Waals surface area contributed by atoms with E-state index < -0.39 is 0 Å². The fourth-order valence-electron chi connectivity index (χ4n) is 3.93. The van der Waals surface area contributed by atoms with E-state index in [2.05, 4.69) is 24.1 Å². The largest absolute Gasteiger partial charge is 0.354 e. The molecule has 5 nitrogen and oxygen atoms in total. The van der Waals surface area contributed by atoms with Gasteiger partial charge >= 0.3 is 0 Å². The van der Waals surface area contributed by atoms with E-state index >= 15 is 0 Å². The minimum atomic E-state index is -0.268. The molecule has 2 unspecified atom stereocenters. The molecule has 0 aromatic heterocycles. The van der Waals surface area contributed by atoms with Crippen LogP contribution in [0.4, 0.5) is 0 Å². The summed E-state index contributed by atoms with van der Waals surface area (Å²) in [5.41, 5.74) is 0. The highest BCUT2D eigenvalue weighted by molar-refractivity contribution is 8.01. The molecule has 0 aliphatic carbocycles. The van der Waals surface area contributed by atoms with Crippen molar-refractivity contribution in [3.8, 4) is 0 Å². The lowest BCUT2D eigenvalue weighted by Crippen LogP contribution is -2.50. The third kappa shape index (κ3) is 3.68. The van der Waals surface area contributed by atoms with Crippen LogP contribution in [0.2, 0.25) is 0 Å². The molecule has 2 atom stereocenters. The minimum Gasteiger partial charge on any atom is -0.354 e. The first kappa shape index (κ1) is 17.1. The van der Waals surface area contributed by atoms with E-state index in [0.29, 0.717) is 13.0 Å². The van der Waals surface area contributed by atoms with E-state index in [1.165, 1.54) is 25.9 Å². The van der Waals surface area contributed by atoms with Crippen LogP contribution < -0.4 is 5.32 Å². The van der Waals surface area contributed by atoms with E-state index in [9.17, 15) is 9.59 Å². The van der Waals surface area contributed by atoms with Crippen molar-refractivity contribution in [2.24, 2.45) is 5.92 Å². The highest BCUT2D eigenvalue weighted by Crippen LogP contribution is 2.47. The number of amides is 2. The molecule has 3 rings (SSSR count). The van der Waals surface area contributed by atoms with Gasteiger partial charge in [0.15, 0.2) is 0 Å². The van der Waals surface area contributed by atoms with Gasteiger partial charge < -0.3 is 15.1 Å². The Balaban J connectivity index is 1.39. The van der Waals surface area contributed by atoms with Crippen LogP contribution >= 0.6 is 11.8 Å². The van der Waals surface area contributed by atoms with Crippen molar-refractivity contribution in [1.82, 2.24) is 15.1 Å². The van der Waals surface area contributed by atoms with Crippen molar-refractivity contribution in [1.29, 1.82) is 0 Å². The molecule has 0 bridgehead atoms. The number of fused-ring (bicyclic) bond motifs is 1. The maximum absolute atomic E-state index is 12.4. The predicted molar refractivity (Wildman–Crippen MR) is 93.2 cm³/mol. The van der Waals surface area contributed by atoms with Crippen molar-refractivity contribution in [2.45, 2.75) is 56.9 Å². The molecule has 0 saturated carbocycles. The molecule has 23 heavy (non-hydrogen) atoms. The van der Waals surface area contributed by atoms with E-state index in [-0.39, 0.29) is 22.7 Å². The van der Waals surface area contributed by atoms with E-state index in [4.69, 9.17) is 0 Å². The molecular weight excluding hydrogens is 310 g/mol. The molecule has 0 spiro atoms. The molecule has 2 amide bonds. The number of nitrogens with one attached hydrogen (secondary N) is 1. The van der Waals surface area contributed by atoms with Crippen LogP contribution in [0.25, 0.3) is 0 Å². The SMILES string of the molecule is CC1CCN(CCCNC(=O)C2CSC3(C)CCC(=O)N23)CC1. The number of thioether (sulfide) groups is 1. The fraction of sp³-hybridized carbons (Fsp3) is 0.882. The number of likely N-dealkylation sites (tertiary alicyclic amines) is 1. The van der Waals surface area contributed by atoms with Crippen LogP contribution in [0, 0.1) is 5.92 Å². The molecule has 1 N–H and O–H groups in total. The van der Waals surface area contributed by atoms with Gasteiger partial charge in [0, 0.05) is 18.7 Å². The zero-order valence-electron chi connectivity index (χ0n) is 14.3. The first-order valence-electron chi connectivity index (χ1n) is 8.96. The van der Waals surface area contributed by atoms with Crippen molar-refractivity contribution in [2.75, 3.05) is 31.9 Å². The zero-order valence-corrected chi connectivity index (χ0v) is 15.2. The van der Waals surface area contributed by atoms with Gasteiger partial charge in [0.25, 0.3) is 0 Å². The number of hydrogen-bond acceptors (Lipinski definition) is 4. The van der Waals surface area contributed by atoms with Crippen LogP contribution in [0.15, 0.2) is 0 Å². The minimum absolute atomic E-state index is 0.0312. The molecule has 0 aromatic carbocycles. The summed E-state index contributed by atoms with van der Waals surface area (Å²) in [6, 6.07) is -0.268. The summed E-state index contributed by atoms with van der Waals surface area (Å²) in [7, 11) is 0. The second-order valence-electron chi connectivity index (χ2n) is 7.43. The Bertz CT molecular complexity index is 465. The number of hydrogen-bond donors (Lipinski definition) is 1. The summed E-state index contributed by atoms with van der Waals surface area (Å²) in [6.07, 6.45) is 5.03. The Morgan fingerprint density at radius 1 is 1.39 bits per heavy atom. The maximum Gasteiger partial charge on any atom is 0.243 e. The van der Waals surface area contributed by atoms with Gasteiger partial charge in [0.2, 0.25) is 11.8 Å². The average Bonchev–Trinajstić information content (AvgIpc) is 3.02. The second kappa shape index (κ2) is 7.01. The van der Waals surface area contributed by atoms with Crippen molar-refractivity contribution in [3.63, 3.8) is 0 Å². The second-order valence-corrected chi connectivity index (χ2v) is 8.94. The predicted octanol–water partition coefficient (Wildman–Crippen LogP) is 1.68.